The maximum absolute atomic E-state index is 10.2. The Kier molecular flexibility index (Phi) is 7.86. The number of hydrogen-bond donors (Lipinski definition) is 1. The molecule has 3 heteroatoms. The monoisotopic (exact) mass is 184 g/mol. The normalized spacial score (nSPS) is 12.7. The summed E-state index contributed by atoms with van der Waals surface area (Å²) >= 11 is 0. The molecule has 0 aromatic rings. The highest BCUT2D eigenvalue weighted by atomic mass is 16.4. The Morgan fingerprint density at radius 1 is 1.31 bits per heavy atom. The maximum Gasteiger partial charge on any atom is 0.303 e. The summed E-state index contributed by atoms with van der Waals surface area (Å²) in [6.45, 7) is 2.26. The molecule has 0 fully saturated rings. The molecule has 0 bridgehead atoms. The molecule has 0 amide bonds. The van der Waals surface area contributed by atoms with Crippen LogP contribution in [-0.2, 0) is 4.79 Å². The Bertz CT molecular complexity index is 137. The molecular weight excluding hydrogens is 163 g/mol. The van der Waals surface area contributed by atoms with Crippen molar-refractivity contribution in [1.82, 2.24) is 0 Å². The van der Waals surface area contributed by atoms with Gasteiger partial charge in [-0.05, 0) is 12.3 Å². The quantitative estimate of drug-likeness (QED) is 0.463. The van der Waals surface area contributed by atoms with Crippen LogP contribution in [0.25, 0.3) is 0 Å². The molecule has 0 aliphatic rings. The number of hydrogen-bond acceptors (Lipinski definition) is 1. The molecule has 0 saturated heterocycles. The van der Waals surface area contributed by atoms with Crippen molar-refractivity contribution in [1.29, 1.82) is 0 Å². The van der Waals surface area contributed by atoms with Crippen LogP contribution < -0.4 is 0 Å². The molecule has 0 aliphatic heterocycles. The van der Waals surface area contributed by atoms with E-state index < -0.39 is 5.97 Å². The summed E-state index contributed by atoms with van der Waals surface area (Å²) in [5, 5.41) is 8.42. The van der Waals surface area contributed by atoms with Crippen LogP contribution in [0.2, 0.25) is 6.32 Å². The van der Waals surface area contributed by atoms with Crippen LogP contribution in [-0.4, -0.2) is 18.9 Å². The van der Waals surface area contributed by atoms with E-state index in [0.29, 0.717) is 6.42 Å². The minimum Gasteiger partial charge on any atom is -0.481 e. The molecule has 0 saturated carbocycles. The van der Waals surface area contributed by atoms with Gasteiger partial charge in [-0.15, -0.1) is 0 Å². The average Bonchev–Trinajstić information content (AvgIpc) is 2.08. The Balaban J connectivity index is 3.16. The zero-order valence-corrected chi connectivity index (χ0v) is 8.88. The minimum absolute atomic E-state index is 0.334. The maximum atomic E-state index is 10.2. The Labute approximate surface area is 82.1 Å². The second-order valence-corrected chi connectivity index (χ2v) is 3.89. The van der Waals surface area contributed by atoms with Gasteiger partial charge in [-0.3, -0.25) is 4.79 Å². The van der Waals surface area contributed by atoms with Crippen LogP contribution in [0.1, 0.15) is 45.4 Å². The van der Waals surface area contributed by atoms with E-state index >= 15 is 0 Å². The highest BCUT2D eigenvalue weighted by Gasteiger charge is 2.02. The van der Waals surface area contributed by atoms with Crippen molar-refractivity contribution in [3.05, 3.63) is 0 Å². The number of carboxylic acids is 1. The highest BCUT2D eigenvalue weighted by Crippen LogP contribution is 2.15. The van der Waals surface area contributed by atoms with E-state index in [-0.39, 0.29) is 0 Å². The first-order chi connectivity index (χ1) is 6.16. The Hall–Kier alpha value is -0.465. The fourth-order valence-electron chi connectivity index (χ4n) is 1.47. The van der Waals surface area contributed by atoms with Crippen LogP contribution in [0.5, 0.6) is 0 Å². The zero-order valence-electron chi connectivity index (χ0n) is 8.88. The molecule has 2 nitrogen and oxygen atoms in total. The lowest BCUT2D eigenvalue weighted by Crippen LogP contribution is -1.97. The molecule has 1 N–H and O–H groups in total. The van der Waals surface area contributed by atoms with Crippen molar-refractivity contribution < 1.29 is 9.90 Å². The topological polar surface area (TPSA) is 37.3 Å². The second kappa shape index (κ2) is 8.15. The Morgan fingerprint density at radius 3 is 2.46 bits per heavy atom. The molecule has 0 rings (SSSR count). The third-order valence-corrected chi connectivity index (χ3v) is 2.39. The standard InChI is InChI=1S/C10H21BO2/c1-9(6-4-8-11)5-2-3-7-10(12)13/h9H,2-8,11H2,1H3,(H,12,13). The number of carbonyl (C=O) groups is 1. The summed E-state index contributed by atoms with van der Waals surface area (Å²) in [6.07, 6.45) is 7.29. The summed E-state index contributed by atoms with van der Waals surface area (Å²) in [6, 6.07) is 0. The molecule has 1 atom stereocenters. The van der Waals surface area contributed by atoms with Crippen molar-refractivity contribution in [2.24, 2.45) is 5.92 Å². The first kappa shape index (κ1) is 12.5. The van der Waals surface area contributed by atoms with Gasteiger partial charge in [0.25, 0.3) is 0 Å². The van der Waals surface area contributed by atoms with Gasteiger partial charge in [0.2, 0.25) is 0 Å². The van der Waals surface area contributed by atoms with Crippen molar-refractivity contribution in [3.63, 3.8) is 0 Å². The van der Waals surface area contributed by atoms with E-state index in [1.165, 1.54) is 25.6 Å². The number of unbranched alkanes of at least 4 members (excludes halogenated alkanes) is 1. The molecule has 13 heavy (non-hydrogen) atoms. The van der Waals surface area contributed by atoms with Crippen LogP contribution in [0, 0.1) is 5.92 Å². The third-order valence-electron chi connectivity index (χ3n) is 2.39. The van der Waals surface area contributed by atoms with Gasteiger partial charge in [0, 0.05) is 6.42 Å². The van der Waals surface area contributed by atoms with Gasteiger partial charge < -0.3 is 5.11 Å². The van der Waals surface area contributed by atoms with Gasteiger partial charge in [0.05, 0.1) is 0 Å². The van der Waals surface area contributed by atoms with E-state index in [1.807, 2.05) is 0 Å². The van der Waals surface area contributed by atoms with Crippen LogP contribution in [0.4, 0.5) is 0 Å². The minimum atomic E-state index is -0.666. The van der Waals surface area contributed by atoms with Gasteiger partial charge >= 0.3 is 5.97 Å². The summed E-state index contributed by atoms with van der Waals surface area (Å²) in [5.74, 6) is 0.106. The fraction of sp³-hybridized carbons (Fsp3) is 0.900. The lowest BCUT2D eigenvalue weighted by Gasteiger charge is -2.09. The summed E-state index contributed by atoms with van der Waals surface area (Å²) in [5.41, 5.74) is 0. The molecular formula is C10H21BO2. The first-order valence-electron chi connectivity index (χ1n) is 5.38. The Morgan fingerprint density at radius 2 is 1.92 bits per heavy atom. The van der Waals surface area contributed by atoms with E-state index in [1.54, 1.807) is 0 Å². The summed E-state index contributed by atoms with van der Waals surface area (Å²) < 4.78 is 0. The molecule has 0 radical (unpaired) electrons. The lowest BCUT2D eigenvalue weighted by molar-refractivity contribution is -0.137. The average molecular weight is 184 g/mol. The van der Waals surface area contributed by atoms with E-state index in [9.17, 15) is 4.79 Å². The number of carboxylic acid groups (broad SMARTS) is 1. The second-order valence-electron chi connectivity index (χ2n) is 3.89. The van der Waals surface area contributed by atoms with Crippen molar-refractivity contribution >= 4 is 13.8 Å². The van der Waals surface area contributed by atoms with Crippen molar-refractivity contribution in [3.8, 4) is 0 Å². The van der Waals surface area contributed by atoms with E-state index in [4.69, 9.17) is 5.11 Å². The third kappa shape index (κ3) is 9.45. The number of aliphatic carboxylic acids is 1. The first-order valence-corrected chi connectivity index (χ1v) is 5.38. The van der Waals surface area contributed by atoms with E-state index in [0.717, 1.165) is 18.8 Å². The van der Waals surface area contributed by atoms with Crippen LogP contribution >= 0.6 is 0 Å². The van der Waals surface area contributed by atoms with Gasteiger partial charge in [-0.1, -0.05) is 38.9 Å². The fourth-order valence-corrected chi connectivity index (χ4v) is 1.47. The van der Waals surface area contributed by atoms with Gasteiger partial charge in [-0.2, -0.15) is 0 Å². The largest absolute Gasteiger partial charge is 0.481 e. The van der Waals surface area contributed by atoms with Gasteiger partial charge in [-0.25, -0.2) is 0 Å². The molecule has 0 aliphatic carbocycles. The predicted molar refractivity (Wildman–Crippen MR) is 57.9 cm³/mol. The molecule has 0 aromatic heterocycles. The number of rotatable bonds is 8. The smallest absolute Gasteiger partial charge is 0.303 e. The lowest BCUT2D eigenvalue weighted by atomic mass is 9.92. The molecule has 1 unspecified atom stereocenters. The summed E-state index contributed by atoms with van der Waals surface area (Å²) in [4.78, 5) is 10.2. The van der Waals surface area contributed by atoms with Crippen LogP contribution in [0.3, 0.4) is 0 Å². The predicted octanol–water partition coefficient (Wildman–Crippen LogP) is 2.10. The highest BCUT2D eigenvalue weighted by molar-refractivity contribution is 6.08. The molecule has 0 aromatic carbocycles. The van der Waals surface area contributed by atoms with Gasteiger partial charge in [0.1, 0.15) is 7.85 Å². The molecule has 76 valence electrons. The SMILES string of the molecule is BCCCC(C)CCCCC(=O)O. The van der Waals surface area contributed by atoms with E-state index in [2.05, 4.69) is 14.8 Å². The van der Waals surface area contributed by atoms with Gasteiger partial charge in [0.15, 0.2) is 0 Å². The van der Waals surface area contributed by atoms with Crippen molar-refractivity contribution in [2.75, 3.05) is 0 Å². The van der Waals surface area contributed by atoms with Crippen LogP contribution in [0.15, 0.2) is 0 Å². The van der Waals surface area contributed by atoms with Crippen molar-refractivity contribution in [2.45, 2.75) is 51.8 Å². The molecule has 0 spiro atoms. The zero-order chi connectivity index (χ0) is 10.1. The molecule has 0 heterocycles. The summed E-state index contributed by atoms with van der Waals surface area (Å²) in [7, 11) is 2.21.